The fraction of sp³-hybridized carbons (Fsp3) is 0.233. The molecule has 3 N–H and O–H groups in total. The number of alkyl halides is 3. The lowest BCUT2D eigenvalue weighted by molar-refractivity contribution is -0.140. The summed E-state index contributed by atoms with van der Waals surface area (Å²) in [5.41, 5.74) is 2.44. The number of amides is 1. The van der Waals surface area contributed by atoms with Crippen molar-refractivity contribution >= 4 is 29.4 Å². The van der Waals surface area contributed by atoms with Crippen LogP contribution in [-0.4, -0.2) is 28.4 Å². The number of aryl methyl sites for hydroxylation is 1. The van der Waals surface area contributed by atoms with Gasteiger partial charge in [-0.1, -0.05) is 71.4 Å². The molecular weight excluding hydrogens is 575 g/mol. The first-order valence-corrected chi connectivity index (χ1v) is 13.2. The molecule has 0 bridgehead atoms. The topological polar surface area (TPSA) is 114 Å². The third-order valence-corrected chi connectivity index (χ3v) is 6.85. The number of anilines is 1. The first-order chi connectivity index (χ1) is 19.9. The van der Waals surface area contributed by atoms with Crippen LogP contribution in [0.15, 0.2) is 77.3 Å². The predicted molar refractivity (Wildman–Crippen MR) is 150 cm³/mol. The minimum atomic E-state index is -4.46. The number of aromatic nitrogens is 1. The monoisotopic (exact) mass is 601 g/mol. The molecule has 12 heteroatoms. The zero-order valence-electron chi connectivity index (χ0n) is 22.5. The van der Waals surface area contributed by atoms with Crippen molar-refractivity contribution in [3.63, 3.8) is 0 Å². The van der Waals surface area contributed by atoms with Crippen molar-refractivity contribution in [2.24, 2.45) is 0 Å². The van der Waals surface area contributed by atoms with Crippen LogP contribution in [-0.2, 0) is 28.7 Å². The molecule has 0 aliphatic rings. The summed E-state index contributed by atoms with van der Waals surface area (Å²) in [5.74, 6) is -0.824. The highest BCUT2D eigenvalue weighted by Gasteiger charge is 2.30. The van der Waals surface area contributed by atoms with E-state index in [0.717, 1.165) is 17.7 Å². The van der Waals surface area contributed by atoms with Gasteiger partial charge in [0.2, 0.25) is 0 Å². The molecule has 0 unspecified atom stereocenters. The quantitative estimate of drug-likeness (QED) is 0.173. The van der Waals surface area contributed by atoms with Gasteiger partial charge >= 0.3 is 18.2 Å². The van der Waals surface area contributed by atoms with Gasteiger partial charge < -0.3 is 19.7 Å². The zero-order valence-corrected chi connectivity index (χ0v) is 23.3. The highest BCUT2D eigenvalue weighted by molar-refractivity contribution is 6.31. The molecule has 0 aliphatic carbocycles. The van der Waals surface area contributed by atoms with Gasteiger partial charge in [-0.05, 0) is 49.6 Å². The summed E-state index contributed by atoms with van der Waals surface area (Å²) in [4.78, 5) is 24.4. The number of aliphatic carboxylic acids is 1. The molecule has 1 aromatic heterocycles. The van der Waals surface area contributed by atoms with Gasteiger partial charge in [0.1, 0.15) is 23.5 Å². The summed E-state index contributed by atoms with van der Waals surface area (Å²) in [5, 5.41) is 19.6. The van der Waals surface area contributed by atoms with Crippen LogP contribution in [0, 0.1) is 6.92 Å². The molecule has 220 valence electrons. The minimum Gasteiger partial charge on any atom is -0.480 e. The second kappa shape index (κ2) is 13.1. The molecule has 42 heavy (non-hydrogen) atoms. The van der Waals surface area contributed by atoms with E-state index in [1.165, 1.54) is 12.1 Å². The minimum absolute atomic E-state index is 0.00309. The number of ether oxygens (including phenoxy) is 1. The fourth-order valence-electron chi connectivity index (χ4n) is 4.20. The molecule has 0 fully saturated rings. The number of nitrogens with one attached hydrogen (secondary N) is 2. The van der Waals surface area contributed by atoms with Crippen molar-refractivity contribution in [1.82, 2.24) is 10.5 Å². The molecule has 0 saturated carbocycles. The first-order valence-electron chi connectivity index (χ1n) is 12.8. The summed E-state index contributed by atoms with van der Waals surface area (Å²) in [6.45, 7) is 3.55. The van der Waals surface area contributed by atoms with Crippen molar-refractivity contribution < 1.29 is 37.1 Å². The van der Waals surface area contributed by atoms with Gasteiger partial charge in [0, 0.05) is 22.7 Å². The molecule has 1 amide bonds. The maximum absolute atomic E-state index is 12.8. The number of halogens is 4. The van der Waals surface area contributed by atoms with Crippen LogP contribution in [0.2, 0.25) is 5.02 Å². The highest BCUT2D eigenvalue weighted by Crippen LogP contribution is 2.32. The van der Waals surface area contributed by atoms with E-state index in [0.29, 0.717) is 38.9 Å². The summed E-state index contributed by atoms with van der Waals surface area (Å²) in [6.07, 6.45) is -5.79. The van der Waals surface area contributed by atoms with Crippen molar-refractivity contribution in [3.8, 4) is 11.3 Å². The van der Waals surface area contributed by atoms with E-state index in [9.17, 15) is 27.9 Å². The van der Waals surface area contributed by atoms with Crippen LogP contribution in [0.1, 0.15) is 41.0 Å². The second-order valence-corrected chi connectivity index (χ2v) is 9.94. The van der Waals surface area contributed by atoms with Crippen molar-refractivity contribution in [1.29, 1.82) is 0 Å². The third-order valence-electron chi connectivity index (χ3n) is 6.50. The lowest BCUT2D eigenvalue weighted by Crippen LogP contribution is -2.38. The largest absolute Gasteiger partial charge is 0.480 e. The van der Waals surface area contributed by atoms with Crippen LogP contribution in [0.5, 0.6) is 0 Å². The fourth-order valence-corrected chi connectivity index (χ4v) is 4.49. The van der Waals surface area contributed by atoms with Crippen LogP contribution >= 0.6 is 11.6 Å². The molecule has 0 spiro atoms. The summed E-state index contributed by atoms with van der Waals surface area (Å²) < 4.78 is 49.4. The van der Waals surface area contributed by atoms with E-state index in [1.807, 2.05) is 0 Å². The molecule has 0 aliphatic heterocycles. The number of rotatable bonds is 10. The van der Waals surface area contributed by atoms with Crippen molar-refractivity contribution in [2.45, 2.75) is 45.1 Å². The SMILES string of the molecule is Cc1noc(-c2ccc(CN[C@H](Cc3ccc(C(F)(F)F)cc3)C(=O)O)cc2)c1NC(=O)O[C@H](C)c1ccccc1Cl. The van der Waals surface area contributed by atoms with Gasteiger partial charge in [-0.15, -0.1) is 0 Å². The zero-order chi connectivity index (χ0) is 30.4. The van der Waals surface area contributed by atoms with Gasteiger partial charge in [-0.2, -0.15) is 13.2 Å². The number of carboxylic acids is 1. The summed E-state index contributed by atoms with van der Waals surface area (Å²) >= 11 is 6.19. The molecule has 4 aromatic rings. The smallest absolute Gasteiger partial charge is 0.416 e. The van der Waals surface area contributed by atoms with E-state index < -0.39 is 35.9 Å². The average molecular weight is 602 g/mol. The molecule has 3 aromatic carbocycles. The van der Waals surface area contributed by atoms with E-state index in [1.54, 1.807) is 62.4 Å². The van der Waals surface area contributed by atoms with E-state index in [4.69, 9.17) is 20.9 Å². The predicted octanol–water partition coefficient (Wildman–Crippen LogP) is 7.42. The molecular formula is C30H27ClF3N3O5. The van der Waals surface area contributed by atoms with E-state index in [-0.39, 0.29) is 13.0 Å². The van der Waals surface area contributed by atoms with Crippen molar-refractivity contribution in [3.05, 3.63) is 106 Å². The van der Waals surface area contributed by atoms with Crippen LogP contribution < -0.4 is 10.6 Å². The summed E-state index contributed by atoms with van der Waals surface area (Å²) in [7, 11) is 0. The Morgan fingerprint density at radius 2 is 1.67 bits per heavy atom. The second-order valence-electron chi connectivity index (χ2n) is 9.53. The van der Waals surface area contributed by atoms with Gasteiger partial charge in [-0.25, -0.2) is 4.79 Å². The Morgan fingerprint density at radius 1 is 1.02 bits per heavy atom. The Kier molecular flexibility index (Phi) is 9.54. The lowest BCUT2D eigenvalue weighted by Gasteiger charge is -2.16. The highest BCUT2D eigenvalue weighted by atomic mass is 35.5. The molecule has 1 heterocycles. The molecule has 0 radical (unpaired) electrons. The van der Waals surface area contributed by atoms with Crippen LogP contribution in [0.4, 0.5) is 23.7 Å². The van der Waals surface area contributed by atoms with Crippen LogP contribution in [0.25, 0.3) is 11.3 Å². The Balaban J connectivity index is 1.38. The van der Waals surface area contributed by atoms with Gasteiger partial charge in [0.15, 0.2) is 5.76 Å². The standard InChI is InChI=1S/C30H27ClF3N3O5/c1-17-26(36-29(40)41-18(2)23-5-3-4-6-24(23)31)27(42-37-17)21-11-7-20(8-12-21)16-35-25(28(38)39)15-19-9-13-22(14-10-19)30(32,33)34/h3-14,18,25,35H,15-16H2,1-2H3,(H,36,40)(H,38,39)/t18-,25-/m1/s1. The molecule has 8 nitrogen and oxygen atoms in total. The average Bonchev–Trinajstić information content (AvgIpc) is 3.30. The number of hydrogen-bond donors (Lipinski definition) is 3. The van der Waals surface area contributed by atoms with Crippen LogP contribution in [0.3, 0.4) is 0 Å². The molecule has 4 rings (SSSR count). The molecule has 0 saturated heterocycles. The number of hydrogen-bond acceptors (Lipinski definition) is 6. The first kappa shape index (κ1) is 30.6. The number of benzene rings is 3. The van der Waals surface area contributed by atoms with Gasteiger partial charge in [-0.3, -0.25) is 10.1 Å². The Bertz CT molecular complexity index is 1540. The maximum Gasteiger partial charge on any atom is 0.416 e. The summed E-state index contributed by atoms with van der Waals surface area (Å²) in [6, 6.07) is 17.4. The third kappa shape index (κ3) is 7.68. The Labute approximate surface area is 244 Å². The van der Waals surface area contributed by atoms with Crippen molar-refractivity contribution in [2.75, 3.05) is 5.32 Å². The normalized spacial score (nSPS) is 12.9. The lowest BCUT2D eigenvalue weighted by atomic mass is 10.0. The van der Waals surface area contributed by atoms with E-state index in [2.05, 4.69) is 15.8 Å². The number of carbonyl (C=O) groups excluding carboxylic acids is 1. The Hall–Kier alpha value is -4.35. The number of nitrogens with zero attached hydrogens (tertiary/aromatic N) is 1. The maximum atomic E-state index is 12.8. The van der Waals surface area contributed by atoms with Gasteiger partial charge in [0.25, 0.3) is 0 Å². The van der Waals surface area contributed by atoms with Gasteiger partial charge in [0.05, 0.1) is 5.56 Å². The number of carbonyl (C=O) groups is 2. The van der Waals surface area contributed by atoms with E-state index >= 15 is 0 Å². The molecule has 2 atom stereocenters. The Morgan fingerprint density at radius 3 is 2.29 bits per heavy atom. The number of carboxylic acid groups (broad SMARTS) is 1.